The molecule has 0 saturated heterocycles. The first-order chi connectivity index (χ1) is 45.4. The van der Waals surface area contributed by atoms with Crippen LogP contribution in [0.15, 0.2) is 133 Å². The van der Waals surface area contributed by atoms with Crippen LogP contribution in [-0.2, 0) is 55.3 Å². The van der Waals surface area contributed by atoms with E-state index in [9.17, 15) is 26.4 Å². The van der Waals surface area contributed by atoms with E-state index < -0.39 is 15.8 Å². The molecule has 10 heterocycles. The van der Waals surface area contributed by atoms with Crippen LogP contribution in [0.4, 0.5) is 31.0 Å². The lowest BCUT2D eigenvalue weighted by molar-refractivity contribution is 0.0696. The Morgan fingerprint density at radius 3 is 1.38 bits per heavy atom. The molecular weight excluding hydrogens is 1230 g/mol. The molecule has 0 fully saturated rings. The van der Waals surface area contributed by atoms with Gasteiger partial charge < -0.3 is 40.4 Å². The fourth-order valence-electron chi connectivity index (χ4n) is 12.0. The van der Waals surface area contributed by atoms with Gasteiger partial charge in [0.05, 0.1) is 66.7 Å². The van der Waals surface area contributed by atoms with Gasteiger partial charge in [-0.3, -0.25) is 17.9 Å². The van der Waals surface area contributed by atoms with Crippen molar-refractivity contribution in [3.8, 4) is 50.6 Å². The van der Waals surface area contributed by atoms with Crippen LogP contribution < -0.4 is 30.2 Å². The first-order valence-corrected chi connectivity index (χ1v) is 32.1. The summed E-state index contributed by atoms with van der Waals surface area (Å²) in [6.07, 6.45) is 17.6. The van der Waals surface area contributed by atoms with Crippen LogP contribution in [-0.4, -0.2) is 110 Å². The topological polar surface area (TPSA) is 264 Å². The molecule has 94 heavy (non-hydrogen) atoms. The highest BCUT2D eigenvalue weighted by atomic mass is 32.2. The molecule has 3 aliphatic rings. The summed E-state index contributed by atoms with van der Waals surface area (Å²) >= 11 is 0. The standard InChI is InChI=1S/C24H23FN4O3S.C23H19FN4O3.C21H21FN6O2/c1-14-10-16(33(3,30)31)4-5-17(14)20-12-27-24(29-13-15(2)28-23(20)29)26-11-19-18-8-9-32-22(18)7-6-21(19)25;1-13-12-28-21(27-13)17(14-2-4-15(5-3-14)22(29)30)10-25-23(28)26-11-18-16-8-9-31-20(16)7-6-19(18)24;1-13-11-28-20(26-13)16(14-8-25-27(12-14)5-6-29)9-23-21(28)24-10-17-15-4-7-30-19(15)3-2-18(17)22/h4-7,10,12-13H,8-9,11H2,1-3H3,(H,26,27);2-7,10,12H,8-9,11H2,1H3,(H,25,26)(H,29,30);2-3,8-9,11-12,29H,4-7,10H2,1H3,(H,23,24). The maximum absolute atomic E-state index is 14.5. The molecule has 0 radical (unpaired) electrons. The Labute approximate surface area is 536 Å². The van der Waals surface area contributed by atoms with Crippen molar-refractivity contribution in [2.24, 2.45) is 0 Å². The molecule has 0 amide bonds. The van der Waals surface area contributed by atoms with Gasteiger partial charge in [0.15, 0.2) is 9.84 Å². The number of benzene rings is 5. The van der Waals surface area contributed by atoms with Crippen molar-refractivity contribution in [2.75, 3.05) is 48.6 Å². The molecule has 0 aliphatic carbocycles. The molecule has 3 aliphatic heterocycles. The summed E-state index contributed by atoms with van der Waals surface area (Å²) in [6.45, 7) is 10.5. The van der Waals surface area contributed by atoms with Crippen molar-refractivity contribution in [1.82, 2.24) is 52.9 Å². The first-order valence-electron chi connectivity index (χ1n) is 30.2. The average molecular weight is 1290 g/mol. The minimum atomic E-state index is -3.30. The van der Waals surface area contributed by atoms with Gasteiger partial charge in [-0.25, -0.2) is 56.3 Å². The highest BCUT2D eigenvalue weighted by Gasteiger charge is 2.25. The Balaban J connectivity index is 0.000000128. The fourth-order valence-corrected chi connectivity index (χ4v) is 12.7. The van der Waals surface area contributed by atoms with Gasteiger partial charge >= 0.3 is 5.97 Å². The van der Waals surface area contributed by atoms with Gasteiger partial charge in [0.2, 0.25) is 17.8 Å². The summed E-state index contributed by atoms with van der Waals surface area (Å²) in [5.41, 5.74) is 14.9. The maximum Gasteiger partial charge on any atom is 0.335 e. The zero-order valence-electron chi connectivity index (χ0n) is 51.7. The number of carbonyl (C=O) groups is 1. The molecule has 0 bridgehead atoms. The number of sulfone groups is 1. The normalized spacial score (nSPS) is 12.9. The van der Waals surface area contributed by atoms with Crippen molar-refractivity contribution in [1.29, 1.82) is 0 Å². The van der Waals surface area contributed by atoms with E-state index >= 15 is 0 Å². The number of aliphatic hydroxyl groups is 1. The summed E-state index contributed by atoms with van der Waals surface area (Å²) in [7, 11) is -3.30. The van der Waals surface area contributed by atoms with Gasteiger partial charge in [0.25, 0.3) is 0 Å². The smallest absolute Gasteiger partial charge is 0.335 e. The fraction of sp³-hybridized carbons (Fsp3) is 0.235. The van der Waals surface area contributed by atoms with Crippen LogP contribution >= 0.6 is 0 Å². The lowest BCUT2D eigenvalue weighted by Gasteiger charge is -2.14. The molecule has 5 N–H and O–H groups in total. The molecule has 26 heteroatoms. The predicted molar refractivity (Wildman–Crippen MR) is 346 cm³/mol. The second-order valence-electron chi connectivity index (χ2n) is 22.9. The third kappa shape index (κ3) is 12.4. The van der Waals surface area contributed by atoms with Crippen LogP contribution in [0, 0.1) is 45.1 Å². The van der Waals surface area contributed by atoms with Crippen molar-refractivity contribution in [3.05, 3.63) is 207 Å². The van der Waals surface area contributed by atoms with Gasteiger partial charge in [-0.1, -0.05) is 18.2 Å². The molecule has 480 valence electrons. The number of aromatic carboxylic acids is 1. The largest absolute Gasteiger partial charge is 0.493 e. The zero-order chi connectivity index (χ0) is 65.5. The molecule has 22 nitrogen and oxygen atoms in total. The van der Waals surface area contributed by atoms with Gasteiger partial charge in [-0.2, -0.15) is 5.10 Å². The van der Waals surface area contributed by atoms with E-state index in [0.29, 0.717) is 98.0 Å². The molecule has 0 unspecified atom stereocenters. The minimum absolute atomic E-state index is 0.0188. The molecular formula is C68H63F3N14O8S. The Hall–Kier alpha value is -10.9. The number of aryl methyl sites for hydroxylation is 4. The molecule has 12 aromatic rings. The molecule has 0 spiro atoms. The number of rotatable bonds is 16. The molecule has 15 rings (SSSR count). The number of carboxylic acid groups (broad SMARTS) is 1. The van der Waals surface area contributed by atoms with E-state index in [-0.39, 0.29) is 47.6 Å². The number of anilines is 3. The van der Waals surface area contributed by atoms with E-state index in [1.165, 1.54) is 24.5 Å². The van der Waals surface area contributed by atoms with Gasteiger partial charge in [-0.05, 0) is 105 Å². The Morgan fingerprint density at radius 1 is 0.543 bits per heavy atom. The Kier molecular flexibility index (Phi) is 16.9. The third-order valence-electron chi connectivity index (χ3n) is 16.6. The maximum atomic E-state index is 14.5. The summed E-state index contributed by atoms with van der Waals surface area (Å²) in [4.78, 5) is 39.0. The van der Waals surface area contributed by atoms with E-state index in [2.05, 4.69) is 51.0 Å². The number of halogens is 3. The SMILES string of the molecule is Cc1cn2c(NCc3c(F)ccc4c3CCO4)ncc(-c3ccc(C(=O)O)cc3)c2n1.Cc1cn2c(NCc3c(F)ccc4c3CCO4)ncc(-c3ccc(S(C)(=O)=O)cc3C)c2n1.Cc1cn2c(NCc3c(F)ccc4c3CCO4)ncc(-c3cnn(CCO)c3)c2n1. The molecule has 0 saturated carbocycles. The van der Waals surface area contributed by atoms with Gasteiger partial charge in [0.1, 0.15) is 51.6 Å². The lowest BCUT2D eigenvalue weighted by Crippen LogP contribution is -2.10. The number of nitrogens with one attached hydrogen (secondary N) is 3. The number of fused-ring (bicyclic) bond motifs is 6. The van der Waals surface area contributed by atoms with E-state index in [1.807, 2.05) is 65.7 Å². The first kappa shape index (κ1) is 62.0. The molecule has 7 aromatic heterocycles. The van der Waals surface area contributed by atoms with Crippen molar-refractivity contribution < 1.29 is 50.8 Å². The number of ether oxygens (including phenoxy) is 3. The van der Waals surface area contributed by atoms with Crippen LogP contribution in [0.3, 0.4) is 0 Å². The third-order valence-corrected chi connectivity index (χ3v) is 17.7. The Morgan fingerprint density at radius 2 is 0.968 bits per heavy atom. The van der Waals surface area contributed by atoms with Crippen LogP contribution in [0.5, 0.6) is 17.2 Å². The molecule has 0 atom stereocenters. The average Bonchev–Trinajstić information content (AvgIpc) is 1.73. The number of carboxylic acids is 1. The van der Waals surface area contributed by atoms with Gasteiger partial charge in [-0.15, -0.1) is 0 Å². The second kappa shape index (κ2) is 25.7. The highest BCUT2D eigenvalue weighted by Crippen LogP contribution is 2.36. The summed E-state index contributed by atoms with van der Waals surface area (Å²) in [6, 6.07) is 20.9. The quantitative estimate of drug-likeness (QED) is 0.0602. The predicted octanol–water partition coefficient (Wildman–Crippen LogP) is 10.8. The van der Waals surface area contributed by atoms with E-state index in [4.69, 9.17) is 24.4 Å². The highest BCUT2D eigenvalue weighted by molar-refractivity contribution is 7.90. The van der Waals surface area contributed by atoms with Crippen LogP contribution in [0.1, 0.15) is 66.4 Å². The summed E-state index contributed by atoms with van der Waals surface area (Å²) < 4.78 is 91.1. The van der Waals surface area contributed by atoms with Crippen molar-refractivity contribution in [3.63, 3.8) is 0 Å². The van der Waals surface area contributed by atoms with Crippen molar-refractivity contribution in [2.45, 2.75) is 78.0 Å². The summed E-state index contributed by atoms with van der Waals surface area (Å²) in [5, 5.41) is 32.2. The van der Waals surface area contributed by atoms with E-state index in [0.717, 1.165) is 95.6 Å². The van der Waals surface area contributed by atoms with Gasteiger partial charge in [0, 0.05) is 144 Å². The Bertz CT molecular complexity index is 5050. The zero-order valence-corrected chi connectivity index (χ0v) is 52.5. The van der Waals surface area contributed by atoms with Crippen molar-refractivity contribution >= 4 is 50.6 Å². The van der Waals surface area contributed by atoms with E-state index in [1.54, 1.807) is 90.1 Å². The number of nitrogens with zero attached hydrogens (tertiary/aromatic N) is 11. The number of imidazole rings is 3. The van der Waals surface area contributed by atoms with Crippen LogP contribution in [0.25, 0.3) is 50.3 Å². The minimum Gasteiger partial charge on any atom is -0.493 e. The number of aromatic nitrogens is 11. The monoisotopic (exact) mass is 1290 g/mol. The number of hydrogen-bond donors (Lipinski definition) is 5. The number of hydrogen-bond acceptors (Lipinski definition) is 17. The number of aliphatic hydroxyl groups excluding tert-OH is 1. The molecule has 5 aromatic carbocycles. The van der Waals surface area contributed by atoms with Crippen LogP contribution in [0.2, 0.25) is 0 Å². The second-order valence-corrected chi connectivity index (χ2v) is 24.9. The summed E-state index contributed by atoms with van der Waals surface area (Å²) in [5.74, 6) is 2.09. The lowest BCUT2D eigenvalue weighted by atomic mass is 10.0.